The zero-order valence-corrected chi connectivity index (χ0v) is 13.7. The third kappa shape index (κ3) is 11.9. The van der Waals surface area contributed by atoms with E-state index in [9.17, 15) is 9.59 Å². The predicted molar refractivity (Wildman–Crippen MR) is 87.3 cm³/mol. The van der Waals surface area contributed by atoms with Crippen molar-refractivity contribution < 1.29 is 14.7 Å². The molecule has 0 aromatic heterocycles. The van der Waals surface area contributed by atoms with E-state index in [0.29, 0.717) is 12.0 Å². The summed E-state index contributed by atoms with van der Waals surface area (Å²) in [6.45, 7) is 7.42. The fraction of sp³-hybridized carbons (Fsp3) is 0.556. The smallest absolute Gasteiger partial charge is 0.330 e. The van der Waals surface area contributed by atoms with E-state index in [1.807, 2.05) is 0 Å². The molecule has 0 fully saturated rings. The molecule has 0 aromatic rings. The molecule has 0 saturated carbocycles. The fourth-order valence-electron chi connectivity index (χ4n) is 1.88. The summed E-state index contributed by atoms with van der Waals surface area (Å²) in [5.74, 6) is -0.609. The van der Waals surface area contributed by atoms with E-state index in [1.54, 1.807) is 19.9 Å². The molecule has 0 aliphatic heterocycles. The molecule has 3 heteroatoms. The minimum atomic E-state index is -0.844. The molecule has 0 amide bonds. The lowest BCUT2D eigenvalue weighted by Crippen LogP contribution is -1.95. The Bertz CT molecular complexity index is 439. The van der Waals surface area contributed by atoms with Gasteiger partial charge < -0.3 is 9.90 Å². The summed E-state index contributed by atoms with van der Waals surface area (Å²) in [5.41, 5.74) is 3.02. The molecule has 0 atom stereocenters. The van der Waals surface area contributed by atoms with Crippen molar-refractivity contribution >= 4 is 11.8 Å². The van der Waals surface area contributed by atoms with Gasteiger partial charge in [-0.1, -0.05) is 29.4 Å². The van der Waals surface area contributed by atoms with Crippen molar-refractivity contribution in [3.8, 4) is 0 Å². The topological polar surface area (TPSA) is 54.4 Å². The maximum absolute atomic E-state index is 10.8. The first-order valence-corrected chi connectivity index (χ1v) is 7.53. The molecule has 3 nitrogen and oxygen atoms in total. The molecule has 1 N–H and O–H groups in total. The SMILES string of the molecule is CC(=O)CCC=C(C)CCC=C(C)CCC=C(C)C(=O)O. The summed E-state index contributed by atoms with van der Waals surface area (Å²) < 4.78 is 0. The van der Waals surface area contributed by atoms with Crippen molar-refractivity contribution in [1.29, 1.82) is 0 Å². The average Bonchev–Trinajstić information content (AvgIpc) is 2.37. The Morgan fingerprint density at radius 1 is 0.762 bits per heavy atom. The van der Waals surface area contributed by atoms with Crippen LogP contribution < -0.4 is 0 Å². The molecule has 118 valence electrons. The molecule has 21 heavy (non-hydrogen) atoms. The highest BCUT2D eigenvalue weighted by molar-refractivity contribution is 5.85. The van der Waals surface area contributed by atoms with E-state index >= 15 is 0 Å². The Morgan fingerprint density at radius 2 is 1.19 bits per heavy atom. The average molecular weight is 292 g/mol. The molecule has 0 aliphatic carbocycles. The molecular weight excluding hydrogens is 264 g/mol. The Morgan fingerprint density at radius 3 is 1.62 bits per heavy atom. The highest BCUT2D eigenvalue weighted by atomic mass is 16.4. The third-order valence-corrected chi connectivity index (χ3v) is 3.35. The van der Waals surface area contributed by atoms with Gasteiger partial charge in [0.15, 0.2) is 0 Å². The lowest BCUT2D eigenvalue weighted by atomic mass is 10.1. The maximum atomic E-state index is 10.8. The number of aliphatic carboxylic acids is 1. The van der Waals surface area contributed by atoms with Crippen LogP contribution in [0.3, 0.4) is 0 Å². The minimum absolute atomic E-state index is 0.236. The van der Waals surface area contributed by atoms with Gasteiger partial charge in [0, 0.05) is 12.0 Å². The van der Waals surface area contributed by atoms with Gasteiger partial charge in [0.25, 0.3) is 0 Å². The second kappa shape index (κ2) is 11.1. The maximum Gasteiger partial charge on any atom is 0.330 e. The van der Waals surface area contributed by atoms with Crippen molar-refractivity contribution in [3.05, 3.63) is 34.9 Å². The highest BCUT2D eigenvalue weighted by Gasteiger charge is 1.98. The molecule has 0 heterocycles. The Hall–Kier alpha value is -1.64. The first-order valence-electron chi connectivity index (χ1n) is 7.53. The van der Waals surface area contributed by atoms with Gasteiger partial charge in [-0.25, -0.2) is 4.79 Å². The number of carbonyl (C=O) groups excluding carboxylic acids is 1. The molecule has 0 unspecified atom stereocenters. The van der Waals surface area contributed by atoms with Crippen LogP contribution in [0.4, 0.5) is 0 Å². The highest BCUT2D eigenvalue weighted by Crippen LogP contribution is 2.12. The van der Waals surface area contributed by atoms with Crippen LogP contribution in [0.25, 0.3) is 0 Å². The Kier molecular flexibility index (Phi) is 10.2. The molecule has 0 radical (unpaired) electrons. The van der Waals surface area contributed by atoms with E-state index in [4.69, 9.17) is 5.11 Å². The number of carboxylic acid groups (broad SMARTS) is 1. The minimum Gasteiger partial charge on any atom is -0.478 e. The third-order valence-electron chi connectivity index (χ3n) is 3.35. The normalized spacial score (nSPS) is 13.4. The monoisotopic (exact) mass is 292 g/mol. The number of hydrogen-bond donors (Lipinski definition) is 1. The summed E-state index contributed by atoms with van der Waals surface area (Å²) in [7, 11) is 0. The molecule has 0 bridgehead atoms. The van der Waals surface area contributed by atoms with E-state index in [1.165, 1.54) is 11.1 Å². The van der Waals surface area contributed by atoms with Gasteiger partial charge in [-0.2, -0.15) is 0 Å². The van der Waals surface area contributed by atoms with Crippen molar-refractivity contribution in [1.82, 2.24) is 0 Å². The van der Waals surface area contributed by atoms with Crippen molar-refractivity contribution in [3.63, 3.8) is 0 Å². The van der Waals surface area contributed by atoms with Crippen molar-refractivity contribution in [2.75, 3.05) is 0 Å². The van der Waals surface area contributed by atoms with Crippen LogP contribution in [0, 0.1) is 0 Å². The van der Waals surface area contributed by atoms with Crippen LogP contribution in [-0.2, 0) is 9.59 Å². The number of allylic oxidation sites excluding steroid dienone is 5. The lowest BCUT2D eigenvalue weighted by Gasteiger charge is -2.01. The predicted octanol–water partition coefficient (Wildman–Crippen LogP) is 4.84. The van der Waals surface area contributed by atoms with Crippen LogP contribution >= 0.6 is 0 Å². The van der Waals surface area contributed by atoms with Gasteiger partial charge in [0.2, 0.25) is 0 Å². The molecule has 0 rings (SSSR count). The number of hydrogen-bond acceptors (Lipinski definition) is 2. The standard InChI is InChI=1S/C18H28O3/c1-14(10-6-12-16(3)18(20)21)8-5-9-15(2)11-7-13-17(4)19/h8,11-12H,5-7,9-10,13H2,1-4H3,(H,20,21). The Balaban J connectivity index is 3.99. The van der Waals surface area contributed by atoms with Gasteiger partial charge >= 0.3 is 5.97 Å². The first-order chi connectivity index (χ1) is 9.82. The van der Waals surface area contributed by atoms with E-state index in [-0.39, 0.29) is 5.78 Å². The van der Waals surface area contributed by atoms with Gasteiger partial charge in [-0.05, 0) is 59.8 Å². The summed E-state index contributed by atoms with van der Waals surface area (Å²) in [6.07, 6.45) is 11.3. The van der Waals surface area contributed by atoms with Crippen LogP contribution in [0.15, 0.2) is 34.9 Å². The zero-order valence-electron chi connectivity index (χ0n) is 13.7. The molecule has 0 aliphatic rings. The van der Waals surface area contributed by atoms with E-state index in [0.717, 1.165) is 32.1 Å². The van der Waals surface area contributed by atoms with E-state index in [2.05, 4.69) is 26.0 Å². The summed E-state index contributed by atoms with van der Waals surface area (Å²) >= 11 is 0. The second-order valence-corrected chi connectivity index (χ2v) is 5.61. The van der Waals surface area contributed by atoms with Crippen LogP contribution in [0.2, 0.25) is 0 Å². The summed E-state index contributed by atoms with van der Waals surface area (Å²) in [4.78, 5) is 21.5. The van der Waals surface area contributed by atoms with Crippen LogP contribution in [0.1, 0.15) is 66.2 Å². The molecule has 0 aromatic carbocycles. The molecule has 0 saturated heterocycles. The summed E-state index contributed by atoms with van der Waals surface area (Å²) in [6, 6.07) is 0. The van der Waals surface area contributed by atoms with Gasteiger partial charge in [0.05, 0.1) is 0 Å². The molecular formula is C18H28O3. The molecule has 0 spiro atoms. The number of ketones is 1. The zero-order chi connectivity index (χ0) is 16.3. The summed E-state index contributed by atoms with van der Waals surface area (Å²) in [5, 5.41) is 8.74. The van der Waals surface area contributed by atoms with Crippen molar-refractivity contribution in [2.24, 2.45) is 0 Å². The van der Waals surface area contributed by atoms with E-state index < -0.39 is 5.97 Å². The quantitative estimate of drug-likeness (QED) is 0.463. The van der Waals surface area contributed by atoms with Gasteiger partial charge in [-0.3, -0.25) is 0 Å². The Labute approximate surface area is 128 Å². The van der Waals surface area contributed by atoms with Crippen LogP contribution in [0.5, 0.6) is 0 Å². The fourth-order valence-corrected chi connectivity index (χ4v) is 1.88. The number of rotatable bonds is 10. The van der Waals surface area contributed by atoms with Crippen LogP contribution in [-0.4, -0.2) is 16.9 Å². The second-order valence-electron chi connectivity index (χ2n) is 5.61. The lowest BCUT2D eigenvalue weighted by molar-refractivity contribution is -0.132. The van der Waals surface area contributed by atoms with Crippen molar-refractivity contribution in [2.45, 2.75) is 66.2 Å². The first kappa shape index (κ1) is 19.4. The number of carbonyl (C=O) groups is 2. The number of Topliss-reactive ketones (excluding diaryl/α,β-unsaturated/α-hetero) is 1. The number of carboxylic acids is 1. The van der Waals surface area contributed by atoms with Gasteiger partial charge in [0.1, 0.15) is 5.78 Å². The largest absolute Gasteiger partial charge is 0.478 e. The van der Waals surface area contributed by atoms with Gasteiger partial charge in [-0.15, -0.1) is 0 Å².